The zero-order chi connectivity index (χ0) is 68.0. The van der Waals surface area contributed by atoms with E-state index in [2.05, 4.69) is 265 Å². The van der Waals surface area contributed by atoms with Crippen molar-refractivity contribution >= 4 is 66.5 Å². The van der Waals surface area contributed by atoms with Crippen molar-refractivity contribution < 1.29 is 33.0 Å². The first-order chi connectivity index (χ1) is 44.4. The minimum absolute atomic E-state index is 0. The Kier molecular flexibility index (Phi) is 16.1. The zero-order valence-electron chi connectivity index (χ0n) is 60.7. The van der Waals surface area contributed by atoms with Crippen LogP contribution in [0.3, 0.4) is 0 Å². The van der Waals surface area contributed by atoms with E-state index in [1.54, 1.807) is 0 Å². The number of ether oxygens (including phenoxy) is 1. The molecule has 6 nitrogen and oxygen atoms in total. The molecule has 0 unspecified atom stereocenters. The minimum atomic E-state index is -1.04. The molecule has 1 aliphatic rings. The first-order valence-corrected chi connectivity index (χ1v) is 33.1. The van der Waals surface area contributed by atoms with Crippen molar-refractivity contribution in [3.8, 4) is 50.7 Å². The predicted octanol–water partition coefficient (Wildman–Crippen LogP) is 24.9. The van der Waals surface area contributed by atoms with Crippen molar-refractivity contribution in [3.63, 3.8) is 0 Å². The van der Waals surface area contributed by atoms with Gasteiger partial charge in [-0.1, -0.05) is 246 Å². The van der Waals surface area contributed by atoms with Crippen LogP contribution >= 0.6 is 0 Å². The summed E-state index contributed by atoms with van der Waals surface area (Å²) in [5, 5.41) is 4.02. The van der Waals surface area contributed by atoms with E-state index in [1.165, 1.54) is 27.8 Å². The molecule has 0 radical (unpaired) electrons. The van der Waals surface area contributed by atoms with Gasteiger partial charge in [0.05, 0.1) is 0 Å². The number of hydrogen-bond donors (Lipinski definition) is 0. The molecule has 0 saturated heterocycles. The van der Waals surface area contributed by atoms with Gasteiger partial charge in [0.25, 0.3) is 0 Å². The Morgan fingerprint density at radius 1 is 0.511 bits per heavy atom. The predicted molar refractivity (Wildman–Crippen MR) is 394 cm³/mol. The van der Waals surface area contributed by atoms with E-state index in [0.717, 1.165) is 117 Å². The molecule has 0 atom stereocenters. The van der Waals surface area contributed by atoms with Gasteiger partial charge >= 0.3 is 0 Å². The van der Waals surface area contributed by atoms with Crippen LogP contribution in [0.5, 0.6) is 11.5 Å². The van der Waals surface area contributed by atoms with Crippen molar-refractivity contribution in [2.45, 2.75) is 177 Å². The molecule has 94 heavy (non-hydrogen) atoms. The topological polar surface area (TPSA) is 46.7 Å². The van der Waals surface area contributed by atoms with Crippen molar-refractivity contribution in [2.24, 2.45) is 0 Å². The number of anilines is 4. The fraction of sp³-hybridized carbons (Fsp3) is 0.310. The summed E-state index contributed by atoms with van der Waals surface area (Å²) in [6.07, 6.45) is 1.98. The molecule has 0 fully saturated rings. The maximum Gasteiger partial charge on any atom is 0.135 e. The van der Waals surface area contributed by atoms with Gasteiger partial charge in [0, 0.05) is 86.0 Å². The number of furan rings is 1. The maximum absolute atomic E-state index is 9.72. The van der Waals surface area contributed by atoms with Crippen LogP contribution in [0.1, 0.15) is 191 Å². The molecule has 0 spiro atoms. The molecule has 7 heteroatoms. The van der Waals surface area contributed by atoms with E-state index < -0.39 is 11.8 Å². The van der Waals surface area contributed by atoms with Crippen LogP contribution in [0.4, 0.5) is 22.7 Å². The van der Waals surface area contributed by atoms with Crippen molar-refractivity contribution in [2.75, 3.05) is 9.80 Å². The molecule has 0 aliphatic carbocycles. The average molecular weight is 1420 g/mol. The number of benzene rings is 9. The van der Waals surface area contributed by atoms with Gasteiger partial charge in [-0.05, 0) is 149 Å². The third kappa shape index (κ3) is 12.0. The van der Waals surface area contributed by atoms with E-state index >= 15 is 0 Å². The summed E-state index contributed by atoms with van der Waals surface area (Å²) in [4.78, 5) is 9.79. The number of fused-ring (bicyclic) bond motifs is 8. The summed E-state index contributed by atoms with van der Waals surface area (Å²) < 4.78 is 35.7. The monoisotopic (exact) mass is 1420 g/mol. The number of aromatic nitrogens is 2. The van der Waals surface area contributed by atoms with Gasteiger partial charge in [-0.3, -0.25) is 0 Å². The zero-order valence-corrected chi connectivity index (χ0v) is 60.9. The molecule has 4 heterocycles. The second kappa shape index (κ2) is 23.9. The summed E-state index contributed by atoms with van der Waals surface area (Å²) in [5.41, 5.74) is 21.6. The molecule has 13 rings (SSSR count). The molecular formula is C87H91N4O2Pt-3. The SMILES string of the molecule is [2H]C(C)(C)c1cccc(C([2H])(C)C)c1-c1cc(Oc2[c-]c3c(cc2)c2c4oc5ccccc5c4ccc2n3-c2cc(C(C)(C)C)c(C)cn2)[c-]c(N2[CH-]N(c3c(-c4cc(C(C)(C)C)cc(C(C)(C)C)c4)cccc3-c3cc(C(C)(C)C)cc(C(C)(C)C)c3)c3ccccc32)c1.[Pt]. The van der Waals surface area contributed by atoms with Gasteiger partial charge in [-0.15, -0.1) is 48.3 Å². The number of aryl methyl sites for hydroxylation is 1. The Hall–Kier alpha value is -8.18. The number of pyridine rings is 1. The molecule has 0 N–H and O–H groups in total. The van der Waals surface area contributed by atoms with Crippen molar-refractivity contribution in [1.29, 1.82) is 0 Å². The van der Waals surface area contributed by atoms with E-state index in [9.17, 15) is 2.74 Å². The first-order valence-electron chi connectivity index (χ1n) is 34.1. The third-order valence-electron chi connectivity index (χ3n) is 18.9. The Morgan fingerprint density at radius 2 is 1.04 bits per heavy atom. The fourth-order valence-electron chi connectivity index (χ4n) is 13.6. The van der Waals surface area contributed by atoms with E-state index in [1.807, 2.05) is 76.4 Å². The van der Waals surface area contributed by atoms with Gasteiger partial charge in [-0.2, -0.15) is 6.07 Å². The van der Waals surface area contributed by atoms with Crippen molar-refractivity contribution in [3.05, 3.63) is 233 Å². The van der Waals surface area contributed by atoms with E-state index in [-0.39, 0.29) is 48.1 Å². The van der Waals surface area contributed by atoms with Crippen LogP contribution in [-0.2, 0) is 48.1 Å². The largest absolute Gasteiger partial charge is 0.509 e. The fourth-order valence-corrected chi connectivity index (χ4v) is 13.6. The second-order valence-electron chi connectivity index (χ2n) is 31.6. The van der Waals surface area contributed by atoms with Gasteiger partial charge in [0.1, 0.15) is 17.0 Å². The number of nitrogens with zero attached hydrogens (tertiary/aromatic N) is 4. The number of hydrogen-bond acceptors (Lipinski definition) is 5. The molecule has 0 saturated carbocycles. The van der Waals surface area contributed by atoms with Gasteiger partial charge in [0.2, 0.25) is 0 Å². The molecule has 1 aliphatic heterocycles. The van der Waals surface area contributed by atoms with Crippen molar-refractivity contribution in [1.82, 2.24) is 9.55 Å². The smallest absolute Gasteiger partial charge is 0.135 e. The van der Waals surface area contributed by atoms with Crippen LogP contribution < -0.4 is 14.5 Å². The number of para-hydroxylation sites is 4. The Labute approximate surface area is 576 Å². The summed E-state index contributed by atoms with van der Waals surface area (Å²) in [6, 6.07) is 66.8. The average Bonchev–Trinajstić information content (AvgIpc) is 1.52. The van der Waals surface area contributed by atoms with Crippen LogP contribution in [-0.4, -0.2) is 9.55 Å². The third-order valence-corrected chi connectivity index (χ3v) is 18.9. The summed E-state index contributed by atoms with van der Waals surface area (Å²) in [5.74, 6) is -0.388. The van der Waals surface area contributed by atoms with Gasteiger partial charge in [0.15, 0.2) is 0 Å². The Morgan fingerprint density at radius 3 is 1.60 bits per heavy atom. The molecule has 9 aromatic carbocycles. The molecule has 484 valence electrons. The van der Waals surface area contributed by atoms with E-state index in [0.29, 0.717) is 17.2 Å². The summed E-state index contributed by atoms with van der Waals surface area (Å²) in [6.45, 7) is 46.5. The molecule has 0 bridgehead atoms. The standard InChI is InChI=1S/C87H91N4O2.Pt/c1-52(2)65-28-25-29-66(53(3)4)79(65)57-43-62(47-64(44-57)92-63-35-36-71-76(48-63)91(78-49-72(87(18,19)20)54(5)50-88-78)75-38-37-70-69-27-21-24-34-77(69)93-82(70)80(71)75)89-51-90(74-33-23-22-32-73(74)89)81-67(55-39-58(83(6,7)8)45-59(40-55)84(9,10)11)30-26-31-68(81)56-41-60(85(12,13)14)46-61(42-56)86(15,16)17;/h21-46,49-53H,1-20H3;/q-3;/i52D,53D;. The quantitative estimate of drug-likeness (QED) is 0.128. The van der Waals surface area contributed by atoms with E-state index in [4.69, 9.17) is 14.1 Å². The summed E-state index contributed by atoms with van der Waals surface area (Å²) >= 11 is 0. The van der Waals surface area contributed by atoms with Gasteiger partial charge < -0.3 is 23.5 Å². The molecule has 3 aromatic heterocycles. The molecule has 12 aromatic rings. The molecular weight excluding hydrogens is 1330 g/mol. The molecule has 0 amide bonds. The van der Waals surface area contributed by atoms with Crippen LogP contribution in [0.15, 0.2) is 174 Å². The van der Waals surface area contributed by atoms with Gasteiger partial charge in [-0.25, -0.2) is 4.98 Å². The summed E-state index contributed by atoms with van der Waals surface area (Å²) in [7, 11) is 0. The normalized spacial score (nSPS) is 13.9. The minimum Gasteiger partial charge on any atom is -0.509 e. The van der Waals surface area contributed by atoms with Crippen LogP contribution in [0, 0.1) is 25.7 Å². The van der Waals surface area contributed by atoms with Crippen LogP contribution in [0.25, 0.3) is 82.9 Å². The number of rotatable bonds is 10. The first kappa shape index (κ1) is 63.2. The Bertz CT molecular complexity index is 4850. The second-order valence-corrected chi connectivity index (χ2v) is 31.6. The van der Waals surface area contributed by atoms with Crippen LogP contribution in [0.2, 0.25) is 0 Å². The Balaban J connectivity index is 0.00000881. The maximum atomic E-state index is 9.72.